The number of carbonyl (C=O) groups excluding carboxylic acids is 2. The van der Waals surface area contributed by atoms with E-state index in [4.69, 9.17) is 10.7 Å². The molecule has 0 unspecified atom stereocenters. The minimum atomic E-state index is -3.51. The fraction of sp³-hybridized carbons (Fsp3) is 0.679. The number of anilines is 1. The van der Waals surface area contributed by atoms with E-state index < -0.39 is 21.6 Å². The largest absolute Gasteiger partial charge is 0.351 e. The summed E-state index contributed by atoms with van der Waals surface area (Å²) in [7, 11) is -1.91. The Morgan fingerprint density at radius 3 is 2.18 bits per heavy atom. The van der Waals surface area contributed by atoms with Crippen molar-refractivity contribution in [1.29, 1.82) is 0 Å². The van der Waals surface area contributed by atoms with Gasteiger partial charge in [-0.3, -0.25) is 19.1 Å². The van der Waals surface area contributed by atoms with E-state index in [-0.39, 0.29) is 31.4 Å². The molecule has 1 aromatic carbocycles. The molecule has 1 aromatic rings. The molecule has 11 heteroatoms. The van der Waals surface area contributed by atoms with Gasteiger partial charge in [0.15, 0.2) is 0 Å². The lowest BCUT2D eigenvalue weighted by Crippen LogP contribution is -2.50. The Labute approximate surface area is 232 Å². The quantitative estimate of drug-likeness (QED) is 0.329. The van der Waals surface area contributed by atoms with Gasteiger partial charge in [0.1, 0.15) is 11.4 Å². The number of nitrogens with two attached hydrogens (primary N) is 1. The summed E-state index contributed by atoms with van der Waals surface area (Å²) in [5.74, 6) is 0.569. The van der Waals surface area contributed by atoms with Gasteiger partial charge in [-0.2, -0.15) is 0 Å². The first-order valence-corrected chi connectivity index (χ1v) is 15.7. The summed E-state index contributed by atoms with van der Waals surface area (Å²) >= 11 is 0. The highest BCUT2D eigenvalue weighted by Crippen LogP contribution is 2.32. The summed E-state index contributed by atoms with van der Waals surface area (Å²) in [4.78, 5) is 30.4. The van der Waals surface area contributed by atoms with Gasteiger partial charge in [-0.05, 0) is 74.8 Å². The SMILES string of the molecule is Cc1cc(N(C)C(N)=O)cc(C)c1CCS(=O)(=O)N1CCC2(CC1)N=C(CCCCCCCCCF)NC2=O. The van der Waals surface area contributed by atoms with Crippen LogP contribution in [0.5, 0.6) is 0 Å². The summed E-state index contributed by atoms with van der Waals surface area (Å²) in [6.45, 7) is 4.11. The zero-order chi connectivity index (χ0) is 28.6. The molecule has 3 amide bonds. The molecular weight excluding hydrogens is 521 g/mol. The Balaban J connectivity index is 1.50. The molecule has 1 fully saturated rings. The minimum Gasteiger partial charge on any atom is -0.351 e. The fourth-order valence-corrected chi connectivity index (χ4v) is 6.95. The van der Waals surface area contributed by atoms with Crippen molar-refractivity contribution in [3.8, 4) is 0 Å². The molecule has 218 valence electrons. The van der Waals surface area contributed by atoms with Crippen molar-refractivity contribution in [1.82, 2.24) is 9.62 Å². The number of hydrogen-bond acceptors (Lipinski definition) is 5. The zero-order valence-electron chi connectivity index (χ0n) is 23.6. The van der Waals surface area contributed by atoms with Crippen LogP contribution in [0.25, 0.3) is 0 Å². The number of unbranched alkanes of at least 4 members (excludes halogenated alkanes) is 6. The van der Waals surface area contributed by atoms with Gasteiger partial charge in [-0.25, -0.2) is 17.5 Å². The van der Waals surface area contributed by atoms with E-state index in [1.807, 2.05) is 26.0 Å². The average molecular weight is 566 g/mol. The molecule has 0 aliphatic carbocycles. The summed E-state index contributed by atoms with van der Waals surface area (Å²) in [6.07, 6.45) is 8.67. The first kappa shape index (κ1) is 31.0. The maximum absolute atomic E-state index is 13.2. The van der Waals surface area contributed by atoms with Gasteiger partial charge >= 0.3 is 6.03 Å². The Morgan fingerprint density at radius 1 is 1.05 bits per heavy atom. The Kier molecular flexibility index (Phi) is 10.9. The second-order valence-corrected chi connectivity index (χ2v) is 13.0. The summed E-state index contributed by atoms with van der Waals surface area (Å²) in [6, 6.07) is 3.12. The topological polar surface area (TPSA) is 125 Å². The lowest BCUT2D eigenvalue weighted by Gasteiger charge is -2.34. The fourth-order valence-electron chi connectivity index (χ4n) is 5.49. The van der Waals surface area contributed by atoms with E-state index in [0.717, 1.165) is 55.2 Å². The number of nitrogens with zero attached hydrogens (tertiary/aromatic N) is 3. The Hall–Kier alpha value is -2.53. The molecule has 2 aliphatic rings. The average Bonchev–Trinajstić information content (AvgIpc) is 3.18. The smallest absolute Gasteiger partial charge is 0.318 e. The predicted octanol–water partition coefficient (Wildman–Crippen LogP) is 4.14. The third-order valence-electron chi connectivity index (χ3n) is 8.03. The molecule has 1 spiro atoms. The van der Waals surface area contributed by atoms with Crippen LogP contribution in [0.4, 0.5) is 14.9 Å². The minimum absolute atomic E-state index is 0.0266. The van der Waals surface area contributed by atoms with E-state index in [0.29, 0.717) is 43.6 Å². The number of primary amides is 1. The number of hydrogen-bond donors (Lipinski definition) is 2. The summed E-state index contributed by atoms with van der Waals surface area (Å²) in [5.41, 5.74) is 7.95. The molecule has 39 heavy (non-hydrogen) atoms. The van der Waals surface area contributed by atoms with Gasteiger partial charge in [-0.15, -0.1) is 0 Å². The number of aryl methyl sites for hydroxylation is 2. The molecule has 0 radical (unpaired) electrons. The number of urea groups is 1. The molecule has 0 saturated carbocycles. The van der Waals surface area contributed by atoms with Gasteiger partial charge in [0.2, 0.25) is 10.0 Å². The van der Waals surface area contributed by atoms with Gasteiger partial charge in [0, 0.05) is 32.2 Å². The highest BCUT2D eigenvalue weighted by Gasteiger charge is 2.47. The summed E-state index contributed by atoms with van der Waals surface area (Å²) < 4.78 is 40.0. The van der Waals surface area contributed by atoms with Crippen LogP contribution in [0, 0.1) is 13.8 Å². The van der Waals surface area contributed by atoms with Gasteiger partial charge < -0.3 is 11.1 Å². The lowest BCUT2D eigenvalue weighted by atomic mass is 9.89. The van der Waals surface area contributed by atoms with Crippen molar-refractivity contribution in [3.63, 3.8) is 0 Å². The molecule has 0 aromatic heterocycles. The number of carbonyl (C=O) groups is 2. The van der Waals surface area contributed by atoms with Crippen molar-refractivity contribution in [2.45, 2.75) is 90.0 Å². The lowest BCUT2D eigenvalue weighted by molar-refractivity contribution is -0.124. The Bertz CT molecular complexity index is 1140. The number of rotatable bonds is 14. The number of amidine groups is 1. The van der Waals surface area contributed by atoms with E-state index in [1.165, 1.54) is 9.21 Å². The van der Waals surface area contributed by atoms with Crippen molar-refractivity contribution in [2.75, 3.05) is 37.5 Å². The first-order valence-electron chi connectivity index (χ1n) is 14.1. The number of benzene rings is 1. The second-order valence-electron chi connectivity index (χ2n) is 10.9. The molecular formula is C28H44FN5O4S. The van der Waals surface area contributed by atoms with Crippen LogP contribution in [0.3, 0.4) is 0 Å². The number of aliphatic imine (C=N–C) groups is 1. The van der Waals surface area contributed by atoms with Crippen LogP contribution in [0.1, 0.15) is 80.9 Å². The highest BCUT2D eigenvalue weighted by atomic mass is 32.2. The zero-order valence-corrected chi connectivity index (χ0v) is 24.4. The number of piperidine rings is 1. The first-order chi connectivity index (χ1) is 18.5. The highest BCUT2D eigenvalue weighted by molar-refractivity contribution is 7.89. The van der Waals surface area contributed by atoms with E-state index >= 15 is 0 Å². The number of alkyl halides is 1. The molecule has 1 saturated heterocycles. The predicted molar refractivity (Wildman–Crippen MR) is 153 cm³/mol. The molecule has 3 N–H and O–H groups in total. The third-order valence-corrected chi connectivity index (χ3v) is 9.90. The van der Waals surface area contributed by atoms with Gasteiger partial charge in [0.05, 0.1) is 12.4 Å². The number of sulfonamides is 1. The van der Waals surface area contributed by atoms with E-state index in [9.17, 15) is 22.4 Å². The van der Waals surface area contributed by atoms with Crippen molar-refractivity contribution in [2.24, 2.45) is 10.7 Å². The number of halogens is 1. The van der Waals surface area contributed by atoms with Crippen LogP contribution >= 0.6 is 0 Å². The monoisotopic (exact) mass is 565 g/mol. The van der Waals surface area contributed by atoms with Crippen LogP contribution in [-0.2, 0) is 21.2 Å². The van der Waals surface area contributed by atoms with Crippen LogP contribution in [0.15, 0.2) is 17.1 Å². The van der Waals surface area contributed by atoms with Gasteiger partial charge in [0.25, 0.3) is 5.91 Å². The molecule has 0 bridgehead atoms. The summed E-state index contributed by atoms with van der Waals surface area (Å²) in [5, 5.41) is 2.93. The maximum Gasteiger partial charge on any atom is 0.318 e. The second kappa shape index (κ2) is 13.7. The van der Waals surface area contributed by atoms with Crippen molar-refractivity contribution in [3.05, 3.63) is 28.8 Å². The van der Waals surface area contributed by atoms with Gasteiger partial charge in [-0.1, -0.05) is 32.1 Å². The van der Waals surface area contributed by atoms with Crippen LogP contribution in [-0.4, -0.2) is 68.6 Å². The molecule has 2 aliphatic heterocycles. The van der Waals surface area contributed by atoms with Crippen LogP contribution < -0.4 is 16.0 Å². The van der Waals surface area contributed by atoms with E-state index in [2.05, 4.69) is 5.32 Å². The molecule has 3 rings (SSSR count). The number of nitrogens with one attached hydrogen (secondary N) is 1. The Morgan fingerprint density at radius 2 is 1.62 bits per heavy atom. The van der Waals surface area contributed by atoms with Crippen molar-refractivity contribution >= 4 is 33.5 Å². The third kappa shape index (κ3) is 8.00. The molecule has 9 nitrogen and oxygen atoms in total. The molecule has 2 heterocycles. The standard InChI is InChI=1S/C28H44FN5O4S/c1-21-19-23(33(3)27(30)36)20-22(2)24(21)12-18-39(37,38)34-16-13-28(14-17-34)26(35)31-25(32-28)11-9-7-5-4-6-8-10-15-29/h19-20H,4-18H2,1-3H3,(H2,30,36)(H,31,32,35). The van der Waals surface area contributed by atoms with Crippen LogP contribution in [0.2, 0.25) is 0 Å². The molecule has 0 atom stereocenters. The normalized spacial score (nSPS) is 17.3. The van der Waals surface area contributed by atoms with Crippen molar-refractivity contribution < 1.29 is 22.4 Å². The maximum atomic E-state index is 13.2. The van der Waals surface area contributed by atoms with E-state index in [1.54, 1.807) is 7.05 Å². The number of amides is 3.